The Kier molecular flexibility index (Phi) is 4.24. The number of nitriles is 1. The van der Waals surface area contributed by atoms with Crippen molar-refractivity contribution in [1.29, 1.82) is 5.26 Å². The summed E-state index contributed by atoms with van der Waals surface area (Å²) in [7, 11) is 1.87. The molecule has 0 aliphatic heterocycles. The first-order valence-electron chi connectivity index (χ1n) is 6.77. The van der Waals surface area contributed by atoms with Crippen molar-refractivity contribution in [2.24, 2.45) is 7.05 Å². The fourth-order valence-corrected chi connectivity index (χ4v) is 2.32. The summed E-state index contributed by atoms with van der Waals surface area (Å²) in [6, 6.07) is 9.18. The second kappa shape index (κ2) is 5.79. The normalized spacial score (nSPS) is 12.8. The zero-order chi connectivity index (χ0) is 15.6. The second-order valence-corrected chi connectivity index (χ2v) is 6.51. The van der Waals surface area contributed by atoms with E-state index < -0.39 is 6.04 Å². The molecule has 0 aliphatic carbocycles. The molecule has 0 saturated heterocycles. The van der Waals surface area contributed by atoms with E-state index in [4.69, 9.17) is 11.6 Å². The number of aromatic nitrogens is 2. The van der Waals surface area contributed by atoms with Crippen LogP contribution in [0, 0.1) is 11.3 Å². The van der Waals surface area contributed by atoms with Gasteiger partial charge in [-0.2, -0.15) is 10.4 Å². The van der Waals surface area contributed by atoms with E-state index >= 15 is 0 Å². The number of nitrogens with zero attached hydrogens (tertiary/aromatic N) is 3. The third-order valence-electron chi connectivity index (χ3n) is 3.16. The molecule has 110 valence electrons. The van der Waals surface area contributed by atoms with Crippen LogP contribution in [0.1, 0.15) is 38.1 Å². The Bertz CT molecular complexity index is 659. The van der Waals surface area contributed by atoms with E-state index in [1.807, 2.05) is 25.4 Å². The lowest BCUT2D eigenvalue weighted by atomic mass is 9.87. The molecule has 0 aliphatic rings. The van der Waals surface area contributed by atoms with Gasteiger partial charge >= 0.3 is 0 Å². The first kappa shape index (κ1) is 15.4. The first-order valence-corrected chi connectivity index (χ1v) is 7.15. The van der Waals surface area contributed by atoms with Crippen LogP contribution in [0.4, 0.5) is 5.69 Å². The predicted molar refractivity (Wildman–Crippen MR) is 85.3 cm³/mol. The standard InChI is InChI=1S/C16H19ClN4/c1-16(2,3)15-13(10-21(4)20-15)14(9-18)19-12-7-5-11(17)6-8-12/h5-8,10,14,19H,1-4H3. The number of hydrogen-bond donors (Lipinski definition) is 1. The van der Waals surface area contributed by atoms with Gasteiger partial charge in [-0.15, -0.1) is 0 Å². The molecule has 1 heterocycles. The fourth-order valence-electron chi connectivity index (χ4n) is 2.19. The smallest absolute Gasteiger partial charge is 0.143 e. The maximum absolute atomic E-state index is 9.52. The summed E-state index contributed by atoms with van der Waals surface area (Å²) in [6.45, 7) is 6.28. The monoisotopic (exact) mass is 302 g/mol. The molecule has 5 heteroatoms. The van der Waals surface area contributed by atoms with Crippen molar-refractivity contribution in [2.45, 2.75) is 32.2 Å². The van der Waals surface area contributed by atoms with E-state index in [1.54, 1.807) is 16.8 Å². The van der Waals surface area contributed by atoms with Crippen LogP contribution < -0.4 is 5.32 Å². The highest BCUT2D eigenvalue weighted by atomic mass is 35.5. The van der Waals surface area contributed by atoms with Gasteiger partial charge in [0.2, 0.25) is 0 Å². The lowest BCUT2D eigenvalue weighted by Gasteiger charge is -2.20. The molecule has 21 heavy (non-hydrogen) atoms. The average Bonchev–Trinajstić information content (AvgIpc) is 2.80. The van der Waals surface area contributed by atoms with Crippen LogP contribution in [0.2, 0.25) is 5.02 Å². The Morgan fingerprint density at radius 2 is 1.90 bits per heavy atom. The molecule has 1 unspecified atom stereocenters. The van der Waals surface area contributed by atoms with Crippen LogP contribution in [0.15, 0.2) is 30.5 Å². The van der Waals surface area contributed by atoms with Gasteiger partial charge in [-0.25, -0.2) is 0 Å². The largest absolute Gasteiger partial charge is 0.366 e. The van der Waals surface area contributed by atoms with Gasteiger partial charge in [0.05, 0.1) is 11.8 Å². The summed E-state index contributed by atoms with van der Waals surface area (Å²) in [5.74, 6) is 0. The zero-order valence-electron chi connectivity index (χ0n) is 12.7. The minimum absolute atomic E-state index is 0.118. The van der Waals surface area contributed by atoms with Gasteiger partial charge in [0.25, 0.3) is 0 Å². The minimum atomic E-state index is -0.450. The lowest BCUT2D eigenvalue weighted by molar-refractivity contribution is 0.547. The maximum Gasteiger partial charge on any atom is 0.143 e. The molecular weight excluding hydrogens is 284 g/mol. The Morgan fingerprint density at radius 1 is 1.29 bits per heavy atom. The van der Waals surface area contributed by atoms with Crippen molar-refractivity contribution in [3.63, 3.8) is 0 Å². The summed E-state index contributed by atoms with van der Waals surface area (Å²) >= 11 is 5.88. The van der Waals surface area contributed by atoms with Gasteiger partial charge in [-0.3, -0.25) is 4.68 Å². The van der Waals surface area contributed by atoms with E-state index in [9.17, 15) is 5.26 Å². The number of nitrogens with one attached hydrogen (secondary N) is 1. The van der Waals surface area contributed by atoms with E-state index in [0.29, 0.717) is 5.02 Å². The van der Waals surface area contributed by atoms with Crippen LogP contribution in [0.5, 0.6) is 0 Å². The molecule has 0 amide bonds. The highest BCUT2D eigenvalue weighted by Gasteiger charge is 2.26. The molecule has 0 fully saturated rings. The van der Waals surface area contributed by atoms with Crippen molar-refractivity contribution < 1.29 is 0 Å². The number of aryl methyl sites for hydroxylation is 1. The molecule has 0 spiro atoms. The van der Waals surface area contributed by atoms with Crippen LogP contribution in [0.25, 0.3) is 0 Å². The summed E-state index contributed by atoms with van der Waals surface area (Å²) < 4.78 is 1.75. The van der Waals surface area contributed by atoms with E-state index in [1.165, 1.54) is 0 Å². The third-order valence-corrected chi connectivity index (χ3v) is 3.41. The van der Waals surface area contributed by atoms with Crippen LogP contribution in [-0.4, -0.2) is 9.78 Å². The lowest BCUT2D eigenvalue weighted by Crippen LogP contribution is -2.18. The van der Waals surface area contributed by atoms with Gasteiger partial charge < -0.3 is 5.32 Å². The van der Waals surface area contributed by atoms with Gasteiger partial charge in [0.1, 0.15) is 6.04 Å². The van der Waals surface area contributed by atoms with Crippen molar-refractivity contribution >= 4 is 17.3 Å². The molecule has 0 saturated carbocycles. The van der Waals surface area contributed by atoms with Crippen LogP contribution >= 0.6 is 11.6 Å². The summed E-state index contributed by atoms with van der Waals surface area (Å²) in [5, 5.41) is 17.9. The van der Waals surface area contributed by atoms with Crippen LogP contribution in [-0.2, 0) is 12.5 Å². The minimum Gasteiger partial charge on any atom is -0.366 e. The van der Waals surface area contributed by atoms with E-state index in [0.717, 1.165) is 16.9 Å². The van der Waals surface area contributed by atoms with Gasteiger partial charge in [0.15, 0.2) is 0 Å². The molecule has 2 rings (SSSR count). The Balaban J connectivity index is 2.34. The molecule has 1 atom stereocenters. The number of benzene rings is 1. The quantitative estimate of drug-likeness (QED) is 0.930. The first-order chi connectivity index (χ1) is 9.81. The van der Waals surface area contributed by atoms with Crippen molar-refractivity contribution in [2.75, 3.05) is 5.32 Å². The molecular formula is C16H19ClN4. The molecule has 1 aromatic heterocycles. The Labute approximate surface area is 130 Å². The molecule has 0 radical (unpaired) electrons. The average molecular weight is 303 g/mol. The topological polar surface area (TPSA) is 53.6 Å². The van der Waals surface area contributed by atoms with E-state index in [-0.39, 0.29) is 5.41 Å². The van der Waals surface area contributed by atoms with Gasteiger partial charge in [-0.05, 0) is 24.3 Å². The van der Waals surface area contributed by atoms with Crippen molar-refractivity contribution in [3.8, 4) is 6.07 Å². The zero-order valence-corrected chi connectivity index (χ0v) is 13.4. The number of rotatable bonds is 3. The highest BCUT2D eigenvalue weighted by molar-refractivity contribution is 6.30. The number of anilines is 1. The molecule has 0 bridgehead atoms. The summed E-state index contributed by atoms with van der Waals surface area (Å²) in [4.78, 5) is 0. The third kappa shape index (κ3) is 3.56. The molecule has 4 nitrogen and oxygen atoms in total. The summed E-state index contributed by atoms with van der Waals surface area (Å²) in [6.07, 6.45) is 1.90. The Morgan fingerprint density at radius 3 is 2.43 bits per heavy atom. The fraction of sp³-hybridized carbons (Fsp3) is 0.375. The SMILES string of the molecule is Cn1cc(C(C#N)Nc2ccc(Cl)cc2)c(C(C)(C)C)n1. The highest BCUT2D eigenvalue weighted by Crippen LogP contribution is 2.30. The predicted octanol–water partition coefficient (Wildman–Crippen LogP) is 4.05. The van der Waals surface area contributed by atoms with Crippen molar-refractivity contribution in [1.82, 2.24) is 9.78 Å². The van der Waals surface area contributed by atoms with Crippen LogP contribution in [0.3, 0.4) is 0 Å². The number of hydrogen-bond acceptors (Lipinski definition) is 3. The number of halogens is 1. The molecule has 1 N–H and O–H groups in total. The second-order valence-electron chi connectivity index (χ2n) is 6.07. The Hall–Kier alpha value is -1.99. The van der Waals surface area contributed by atoms with Gasteiger partial charge in [0, 0.05) is 34.9 Å². The van der Waals surface area contributed by atoms with E-state index in [2.05, 4.69) is 37.3 Å². The summed E-state index contributed by atoms with van der Waals surface area (Å²) in [5.41, 5.74) is 2.57. The molecule has 1 aromatic carbocycles. The van der Waals surface area contributed by atoms with Gasteiger partial charge in [-0.1, -0.05) is 32.4 Å². The molecule has 2 aromatic rings. The maximum atomic E-state index is 9.52. The van der Waals surface area contributed by atoms with Crippen molar-refractivity contribution in [3.05, 3.63) is 46.7 Å².